The molecule has 8 heteroatoms. The second-order valence-corrected chi connectivity index (χ2v) is 6.08. The van der Waals surface area contributed by atoms with Crippen molar-refractivity contribution in [1.82, 2.24) is 4.98 Å². The average Bonchev–Trinajstić information content (AvgIpc) is 2.49. The summed E-state index contributed by atoms with van der Waals surface area (Å²) in [6.07, 6.45) is 1.60. The van der Waals surface area contributed by atoms with Gasteiger partial charge in [-0.2, -0.15) is 0 Å². The van der Waals surface area contributed by atoms with Crippen molar-refractivity contribution in [3.05, 3.63) is 57.7 Å². The molecule has 1 unspecified atom stereocenters. The maximum Gasteiger partial charge on any atom is 0.271 e. The van der Waals surface area contributed by atoms with Gasteiger partial charge in [0.05, 0.1) is 15.2 Å². The molecule has 1 aromatic carbocycles. The molecule has 1 amide bonds. The number of amides is 1. The van der Waals surface area contributed by atoms with Gasteiger partial charge in [-0.3, -0.25) is 14.9 Å². The lowest BCUT2D eigenvalue weighted by Crippen LogP contribution is -2.22. The highest BCUT2D eigenvalue weighted by molar-refractivity contribution is 8.00. The lowest BCUT2D eigenvalue weighted by atomic mass is 10.2. The second kappa shape index (κ2) is 7.24. The largest absolute Gasteiger partial charge is 0.325 e. The van der Waals surface area contributed by atoms with Crippen LogP contribution in [0.4, 0.5) is 11.4 Å². The smallest absolute Gasteiger partial charge is 0.271 e. The molecule has 1 N–H and O–H groups in total. The Bertz CT molecular complexity index is 711. The van der Waals surface area contributed by atoms with Crippen LogP contribution < -0.4 is 5.32 Å². The van der Waals surface area contributed by atoms with Gasteiger partial charge < -0.3 is 5.32 Å². The number of thioether (sulfide) groups is 1. The predicted molar refractivity (Wildman–Crippen MR) is 86.3 cm³/mol. The first-order valence-corrected chi connectivity index (χ1v) is 7.55. The number of nitro groups is 1. The van der Waals surface area contributed by atoms with Crippen molar-refractivity contribution in [2.24, 2.45) is 0 Å². The molecule has 1 aromatic heterocycles. The van der Waals surface area contributed by atoms with E-state index in [9.17, 15) is 14.9 Å². The Morgan fingerprint density at radius 1 is 1.41 bits per heavy atom. The summed E-state index contributed by atoms with van der Waals surface area (Å²) in [6.45, 7) is 1.71. The zero-order chi connectivity index (χ0) is 16.1. The van der Waals surface area contributed by atoms with E-state index in [-0.39, 0.29) is 11.6 Å². The number of nitrogens with one attached hydrogen (secondary N) is 1. The van der Waals surface area contributed by atoms with Crippen molar-refractivity contribution >= 4 is 40.6 Å². The Balaban J connectivity index is 2.04. The zero-order valence-electron chi connectivity index (χ0n) is 11.5. The van der Waals surface area contributed by atoms with E-state index >= 15 is 0 Å². The Hall–Kier alpha value is -2.12. The molecular formula is C14H12ClN3O3S. The predicted octanol–water partition coefficient (Wildman–Crippen LogP) is 3.76. The van der Waals surface area contributed by atoms with Crippen LogP contribution in [0.25, 0.3) is 0 Å². The fraction of sp³-hybridized carbons (Fsp3) is 0.143. The topological polar surface area (TPSA) is 85.1 Å². The highest BCUT2D eigenvalue weighted by Gasteiger charge is 2.17. The quantitative estimate of drug-likeness (QED) is 0.510. The van der Waals surface area contributed by atoms with E-state index in [1.807, 2.05) is 0 Å². The third-order valence-electron chi connectivity index (χ3n) is 2.71. The second-order valence-electron chi connectivity index (χ2n) is 4.35. The number of carbonyl (C=O) groups excluding carboxylic acids is 1. The van der Waals surface area contributed by atoms with Gasteiger partial charge in [-0.25, -0.2) is 4.98 Å². The lowest BCUT2D eigenvalue weighted by Gasteiger charge is -2.12. The van der Waals surface area contributed by atoms with Gasteiger partial charge in [-0.1, -0.05) is 29.4 Å². The molecule has 1 heterocycles. The minimum absolute atomic E-state index is 0.0779. The van der Waals surface area contributed by atoms with Gasteiger partial charge in [0.1, 0.15) is 5.03 Å². The zero-order valence-corrected chi connectivity index (χ0v) is 13.1. The van der Waals surface area contributed by atoms with Crippen LogP contribution in [-0.2, 0) is 4.79 Å². The van der Waals surface area contributed by atoms with E-state index in [4.69, 9.17) is 11.6 Å². The maximum absolute atomic E-state index is 12.1. The van der Waals surface area contributed by atoms with Crippen LogP contribution in [0.3, 0.4) is 0 Å². The minimum Gasteiger partial charge on any atom is -0.325 e. The summed E-state index contributed by atoms with van der Waals surface area (Å²) in [5, 5.41) is 13.9. The number of halogens is 1. The number of non-ortho nitro benzene ring substituents is 1. The van der Waals surface area contributed by atoms with E-state index in [0.29, 0.717) is 15.7 Å². The van der Waals surface area contributed by atoms with Crippen LogP contribution in [0, 0.1) is 10.1 Å². The number of benzene rings is 1. The Kier molecular flexibility index (Phi) is 5.35. The van der Waals surface area contributed by atoms with Crippen LogP contribution in [-0.4, -0.2) is 21.1 Å². The normalized spacial score (nSPS) is 11.7. The summed E-state index contributed by atoms with van der Waals surface area (Å²) in [6, 6.07) is 9.18. The van der Waals surface area contributed by atoms with Gasteiger partial charge >= 0.3 is 0 Å². The third-order valence-corrected chi connectivity index (χ3v) is 4.24. The number of rotatable bonds is 5. The van der Waals surface area contributed by atoms with Crippen LogP contribution >= 0.6 is 23.4 Å². The van der Waals surface area contributed by atoms with Crippen LogP contribution in [0.15, 0.2) is 47.6 Å². The molecule has 1 atom stereocenters. The average molecular weight is 338 g/mol. The monoisotopic (exact) mass is 337 g/mol. The van der Waals surface area contributed by atoms with Gasteiger partial charge in [0.2, 0.25) is 5.91 Å². The minimum atomic E-state index is -0.512. The van der Waals surface area contributed by atoms with Gasteiger partial charge in [-0.05, 0) is 25.1 Å². The van der Waals surface area contributed by atoms with Crippen LogP contribution in [0.1, 0.15) is 6.92 Å². The van der Waals surface area contributed by atoms with Gasteiger partial charge in [0, 0.05) is 24.0 Å². The van der Waals surface area contributed by atoms with Crippen molar-refractivity contribution in [2.75, 3.05) is 5.32 Å². The molecule has 6 nitrogen and oxygen atoms in total. The van der Waals surface area contributed by atoms with E-state index in [0.717, 1.165) is 0 Å². The van der Waals surface area contributed by atoms with Crippen molar-refractivity contribution in [3.8, 4) is 0 Å². The first kappa shape index (κ1) is 16.3. The fourth-order valence-corrected chi connectivity index (χ4v) is 2.68. The highest BCUT2D eigenvalue weighted by Crippen LogP contribution is 2.28. The maximum atomic E-state index is 12.1. The first-order chi connectivity index (χ1) is 10.5. The molecule has 0 radical (unpaired) electrons. The summed E-state index contributed by atoms with van der Waals surface area (Å²) < 4.78 is 0. The molecule has 0 saturated carbocycles. The number of nitrogens with zero attached hydrogens (tertiary/aromatic N) is 2. The van der Waals surface area contributed by atoms with Gasteiger partial charge in [0.15, 0.2) is 0 Å². The SMILES string of the molecule is CC(Sc1ncccc1Cl)C(=O)Nc1cccc([N+](=O)[O-])c1. The van der Waals surface area contributed by atoms with Gasteiger partial charge in [-0.15, -0.1) is 0 Å². The Labute approximate surface area is 136 Å². The number of pyridine rings is 1. The molecule has 0 aliphatic rings. The summed E-state index contributed by atoms with van der Waals surface area (Å²) in [7, 11) is 0. The molecule has 0 aliphatic carbocycles. The standard InChI is InChI=1S/C14H12ClN3O3S/c1-9(22-14-12(15)6-3-7-16-14)13(19)17-10-4-2-5-11(8-10)18(20)21/h2-9H,1H3,(H,17,19). The third kappa shape index (κ3) is 4.19. The molecule has 2 rings (SSSR count). The number of nitro benzene ring substituents is 1. The van der Waals surface area contributed by atoms with E-state index in [1.165, 1.54) is 30.0 Å². The Morgan fingerprint density at radius 3 is 2.86 bits per heavy atom. The number of carbonyl (C=O) groups is 1. The number of hydrogen-bond acceptors (Lipinski definition) is 5. The number of hydrogen-bond donors (Lipinski definition) is 1. The summed E-state index contributed by atoms with van der Waals surface area (Å²) in [5.74, 6) is -0.285. The molecule has 0 bridgehead atoms. The number of anilines is 1. The molecule has 0 spiro atoms. The van der Waals surface area contributed by atoms with Crippen molar-refractivity contribution in [2.45, 2.75) is 17.2 Å². The van der Waals surface area contributed by atoms with Crippen molar-refractivity contribution in [3.63, 3.8) is 0 Å². The molecular weight excluding hydrogens is 326 g/mol. The van der Waals surface area contributed by atoms with Gasteiger partial charge in [0.25, 0.3) is 5.69 Å². The summed E-state index contributed by atoms with van der Waals surface area (Å²) >= 11 is 7.22. The lowest BCUT2D eigenvalue weighted by molar-refractivity contribution is -0.384. The van der Waals surface area contributed by atoms with E-state index < -0.39 is 10.2 Å². The highest BCUT2D eigenvalue weighted by atomic mass is 35.5. The number of aromatic nitrogens is 1. The van der Waals surface area contributed by atoms with Crippen LogP contribution in [0.2, 0.25) is 5.02 Å². The molecule has 0 fully saturated rings. The van der Waals surface area contributed by atoms with E-state index in [2.05, 4.69) is 10.3 Å². The first-order valence-electron chi connectivity index (χ1n) is 6.30. The summed E-state index contributed by atoms with van der Waals surface area (Å²) in [5.41, 5.74) is 0.296. The van der Waals surface area contributed by atoms with Crippen molar-refractivity contribution in [1.29, 1.82) is 0 Å². The molecule has 0 aliphatic heterocycles. The molecule has 114 valence electrons. The Morgan fingerprint density at radius 2 is 2.18 bits per heavy atom. The fourth-order valence-electron chi connectivity index (χ4n) is 1.62. The molecule has 2 aromatic rings. The van der Waals surface area contributed by atoms with Crippen LogP contribution in [0.5, 0.6) is 0 Å². The molecule has 22 heavy (non-hydrogen) atoms. The van der Waals surface area contributed by atoms with Crippen molar-refractivity contribution < 1.29 is 9.72 Å². The van der Waals surface area contributed by atoms with E-state index in [1.54, 1.807) is 31.3 Å². The summed E-state index contributed by atoms with van der Waals surface area (Å²) in [4.78, 5) is 26.4. The molecule has 0 saturated heterocycles.